The maximum atomic E-state index is 13.8. The van der Waals surface area contributed by atoms with Gasteiger partial charge in [-0.2, -0.15) is 0 Å². The summed E-state index contributed by atoms with van der Waals surface area (Å²) >= 11 is 0. The van der Waals surface area contributed by atoms with Gasteiger partial charge in [0.25, 0.3) is 0 Å². The lowest BCUT2D eigenvalue weighted by Crippen LogP contribution is -2.23. The summed E-state index contributed by atoms with van der Waals surface area (Å²) in [6.45, 7) is 2.16. The number of guanidine groups is 1. The molecule has 0 aromatic heterocycles. The highest BCUT2D eigenvalue weighted by molar-refractivity contribution is 5.92. The Kier molecular flexibility index (Phi) is 5.48. The van der Waals surface area contributed by atoms with Crippen LogP contribution in [-0.4, -0.2) is 32.5 Å². The average molecular weight is 387 g/mol. The quantitative estimate of drug-likeness (QED) is 0.620. The van der Waals surface area contributed by atoms with Crippen molar-refractivity contribution in [1.82, 2.24) is 0 Å². The Hall–Kier alpha value is -3.00. The van der Waals surface area contributed by atoms with Crippen molar-refractivity contribution in [3.05, 3.63) is 47.3 Å². The van der Waals surface area contributed by atoms with Gasteiger partial charge in [-0.15, -0.1) is 0 Å². The van der Waals surface area contributed by atoms with Crippen molar-refractivity contribution in [3.63, 3.8) is 0 Å². The molecule has 148 valence electrons. The third-order valence-electron chi connectivity index (χ3n) is 4.43. The van der Waals surface area contributed by atoms with Crippen LogP contribution in [0.25, 0.3) is 0 Å². The molecule has 0 unspecified atom stereocenters. The van der Waals surface area contributed by atoms with Crippen LogP contribution in [0.4, 0.5) is 10.1 Å². The molecule has 0 saturated carbocycles. The monoisotopic (exact) mass is 387 g/mol. The van der Waals surface area contributed by atoms with Crippen LogP contribution in [0.3, 0.4) is 0 Å². The molecule has 0 atom stereocenters. The first-order valence-electron chi connectivity index (χ1n) is 9.17. The Morgan fingerprint density at radius 1 is 1.11 bits per heavy atom. The molecule has 8 heteroatoms. The van der Waals surface area contributed by atoms with Crippen molar-refractivity contribution in [2.75, 3.05) is 31.9 Å². The molecular formula is C20H22FN3O4. The zero-order valence-electron chi connectivity index (χ0n) is 15.4. The summed E-state index contributed by atoms with van der Waals surface area (Å²) in [6, 6.07) is 8.43. The van der Waals surface area contributed by atoms with E-state index in [4.69, 9.17) is 24.7 Å². The minimum Gasteiger partial charge on any atom is -0.490 e. The van der Waals surface area contributed by atoms with Crippen LogP contribution in [0.1, 0.15) is 17.5 Å². The molecule has 0 saturated heterocycles. The number of hydrogen-bond donors (Lipinski definition) is 2. The van der Waals surface area contributed by atoms with E-state index in [1.54, 1.807) is 0 Å². The van der Waals surface area contributed by atoms with Gasteiger partial charge in [0.2, 0.25) is 0 Å². The van der Waals surface area contributed by atoms with Gasteiger partial charge >= 0.3 is 0 Å². The zero-order valence-corrected chi connectivity index (χ0v) is 15.4. The number of benzene rings is 2. The average Bonchev–Trinajstić information content (AvgIpc) is 2.93. The van der Waals surface area contributed by atoms with Gasteiger partial charge in [-0.1, -0.05) is 0 Å². The van der Waals surface area contributed by atoms with E-state index in [0.29, 0.717) is 49.8 Å². The van der Waals surface area contributed by atoms with E-state index in [-0.39, 0.29) is 18.6 Å². The Morgan fingerprint density at radius 3 is 2.86 bits per heavy atom. The molecule has 28 heavy (non-hydrogen) atoms. The summed E-state index contributed by atoms with van der Waals surface area (Å²) in [6.07, 6.45) is 1.35. The fourth-order valence-corrected chi connectivity index (χ4v) is 3.17. The van der Waals surface area contributed by atoms with Gasteiger partial charge in [0, 0.05) is 30.3 Å². The molecule has 2 aromatic carbocycles. The van der Waals surface area contributed by atoms with Crippen LogP contribution in [0, 0.1) is 5.82 Å². The largest absolute Gasteiger partial charge is 0.490 e. The van der Waals surface area contributed by atoms with Crippen molar-refractivity contribution < 1.29 is 23.3 Å². The highest BCUT2D eigenvalue weighted by Gasteiger charge is 2.16. The summed E-state index contributed by atoms with van der Waals surface area (Å²) in [5.74, 6) is 2.03. The van der Waals surface area contributed by atoms with E-state index in [1.165, 1.54) is 12.1 Å². The Balaban J connectivity index is 1.39. The molecule has 0 bridgehead atoms. The van der Waals surface area contributed by atoms with Gasteiger partial charge in [0.15, 0.2) is 24.3 Å². The summed E-state index contributed by atoms with van der Waals surface area (Å²) in [5.41, 5.74) is 8.21. The number of fused-ring (bicyclic) bond motifs is 2. The maximum absolute atomic E-state index is 13.8. The fourth-order valence-electron chi connectivity index (χ4n) is 3.17. The third-order valence-corrected chi connectivity index (χ3v) is 4.43. The van der Waals surface area contributed by atoms with Gasteiger partial charge in [-0.3, -0.25) is 4.99 Å². The third kappa shape index (κ3) is 4.28. The SMILES string of the molecule is NC(=NCCc1cc(F)cc2c1OCOC2)Nc1ccc2c(c1)OCCCO2. The second-order valence-electron chi connectivity index (χ2n) is 6.52. The van der Waals surface area contributed by atoms with Crippen molar-refractivity contribution in [2.24, 2.45) is 10.7 Å². The lowest BCUT2D eigenvalue weighted by Gasteiger charge is -2.20. The highest BCUT2D eigenvalue weighted by Crippen LogP contribution is 2.32. The van der Waals surface area contributed by atoms with Gasteiger partial charge in [0.1, 0.15) is 11.6 Å². The first-order chi connectivity index (χ1) is 13.7. The topological polar surface area (TPSA) is 87.3 Å². The predicted molar refractivity (Wildman–Crippen MR) is 103 cm³/mol. The number of ether oxygens (including phenoxy) is 4. The van der Waals surface area contributed by atoms with Crippen molar-refractivity contribution in [1.29, 1.82) is 0 Å². The lowest BCUT2D eigenvalue weighted by molar-refractivity contribution is -0.0172. The summed E-state index contributed by atoms with van der Waals surface area (Å²) in [4.78, 5) is 4.33. The van der Waals surface area contributed by atoms with E-state index in [2.05, 4.69) is 10.3 Å². The van der Waals surface area contributed by atoms with Crippen LogP contribution in [0.5, 0.6) is 17.2 Å². The fraction of sp³-hybridized carbons (Fsp3) is 0.350. The lowest BCUT2D eigenvalue weighted by atomic mass is 10.1. The molecule has 2 heterocycles. The van der Waals surface area contributed by atoms with E-state index >= 15 is 0 Å². The summed E-state index contributed by atoms with van der Waals surface area (Å²) in [5, 5.41) is 3.04. The van der Waals surface area contributed by atoms with Crippen LogP contribution >= 0.6 is 0 Å². The molecule has 0 spiro atoms. The predicted octanol–water partition coefficient (Wildman–Crippen LogP) is 2.82. The number of aliphatic imine (C=N–C) groups is 1. The first kappa shape index (κ1) is 18.4. The van der Waals surface area contributed by atoms with Gasteiger partial charge in [-0.25, -0.2) is 4.39 Å². The Morgan fingerprint density at radius 2 is 1.96 bits per heavy atom. The van der Waals surface area contributed by atoms with Gasteiger partial charge < -0.3 is 30.0 Å². The second-order valence-corrected chi connectivity index (χ2v) is 6.52. The number of rotatable bonds is 4. The number of nitrogens with two attached hydrogens (primary N) is 1. The molecule has 3 N–H and O–H groups in total. The van der Waals surface area contributed by atoms with E-state index in [1.807, 2.05) is 18.2 Å². The first-order valence-corrected chi connectivity index (χ1v) is 9.17. The smallest absolute Gasteiger partial charge is 0.193 e. The number of anilines is 1. The molecule has 2 aliphatic heterocycles. The molecule has 2 aromatic rings. The molecule has 0 aliphatic carbocycles. The number of nitrogens with zero attached hydrogens (tertiary/aromatic N) is 1. The zero-order chi connectivity index (χ0) is 19.3. The molecule has 2 aliphatic rings. The van der Waals surface area contributed by atoms with Crippen LogP contribution in [-0.2, 0) is 17.8 Å². The standard InChI is InChI=1S/C20H22FN3O4/c21-15-8-13(19-14(9-15)11-25-12-28-19)4-5-23-20(22)24-16-2-3-17-18(10-16)27-7-1-6-26-17/h2-3,8-10H,1,4-7,11-12H2,(H3,22,23,24). The Labute approximate surface area is 162 Å². The molecule has 7 nitrogen and oxygen atoms in total. The highest BCUT2D eigenvalue weighted by atomic mass is 19.1. The van der Waals surface area contributed by atoms with Crippen molar-refractivity contribution in [3.8, 4) is 17.2 Å². The second kappa shape index (κ2) is 8.35. The van der Waals surface area contributed by atoms with Crippen LogP contribution < -0.4 is 25.3 Å². The van der Waals surface area contributed by atoms with Crippen molar-refractivity contribution >= 4 is 11.6 Å². The normalized spacial score (nSPS) is 16.0. The molecule has 0 fully saturated rings. The number of nitrogens with one attached hydrogen (secondary N) is 1. The van der Waals surface area contributed by atoms with E-state index in [9.17, 15) is 4.39 Å². The number of hydrogen-bond acceptors (Lipinski definition) is 5. The van der Waals surface area contributed by atoms with Gasteiger partial charge in [-0.05, 0) is 36.2 Å². The van der Waals surface area contributed by atoms with Gasteiger partial charge in [0.05, 0.1) is 19.8 Å². The van der Waals surface area contributed by atoms with Crippen LogP contribution in [0.15, 0.2) is 35.3 Å². The van der Waals surface area contributed by atoms with Crippen LogP contribution in [0.2, 0.25) is 0 Å². The molecular weight excluding hydrogens is 365 g/mol. The minimum absolute atomic E-state index is 0.169. The minimum atomic E-state index is -0.315. The summed E-state index contributed by atoms with van der Waals surface area (Å²) in [7, 11) is 0. The van der Waals surface area contributed by atoms with E-state index in [0.717, 1.165) is 23.4 Å². The summed E-state index contributed by atoms with van der Waals surface area (Å²) < 4.78 is 35.8. The molecule has 0 radical (unpaired) electrons. The van der Waals surface area contributed by atoms with E-state index < -0.39 is 0 Å². The Bertz CT molecular complexity index is 888. The molecule has 4 rings (SSSR count). The molecule has 0 amide bonds. The maximum Gasteiger partial charge on any atom is 0.193 e. The number of halogens is 1. The van der Waals surface area contributed by atoms with Crippen molar-refractivity contribution in [2.45, 2.75) is 19.4 Å².